The molecule has 1 amide bonds. The molecule has 0 bridgehead atoms. The van der Waals surface area contributed by atoms with Gasteiger partial charge >= 0.3 is 0 Å². The second-order valence-electron chi connectivity index (χ2n) is 5.23. The third kappa shape index (κ3) is 3.18. The van der Waals surface area contributed by atoms with Crippen LogP contribution in [-0.2, 0) is 9.05 Å². The molecule has 4 nitrogen and oxygen atoms in total. The molecule has 2 atom stereocenters. The lowest BCUT2D eigenvalue weighted by atomic mass is 10.1. The first-order valence-corrected chi connectivity index (χ1v) is 9.35. The number of rotatable bonds is 2. The summed E-state index contributed by atoms with van der Waals surface area (Å²) in [7, 11) is 1.49. The van der Waals surface area contributed by atoms with E-state index in [0.29, 0.717) is 22.5 Å². The highest BCUT2D eigenvalue weighted by Crippen LogP contribution is 2.29. The molecule has 0 aromatic heterocycles. The Hall–Kier alpha value is -0.590. The van der Waals surface area contributed by atoms with Crippen LogP contribution in [0.5, 0.6) is 0 Å². The van der Waals surface area contributed by atoms with Gasteiger partial charge in [0.1, 0.15) is 0 Å². The molecular formula is C13H15BrClNO3S. The molecule has 2 unspecified atom stereocenters. The fraction of sp³-hybridized carbons (Fsp3) is 0.462. The van der Waals surface area contributed by atoms with Crippen LogP contribution in [0.4, 0.5) is 0 Å². The van der Waals surface area contributed by atoms with Crippen molar-refractivity contribution in [3.63, 3.8) is 0 Å². The zero-order chi connectivity index (χ0) is 15.1. The normalized spacial score (nSPS) is 23.1. The molecular weight excluding hydrogens is 366 g/mol. The molecule has 0 saturated carbocycles. The zero-order valence-electron chi connectivity index (χ0n) is 11.1. The standard InChI is InChI=1S/C13H15BrClNO3S/c1-8-5-9(2)16(7-8)13(17)11-6-10(20(15,18)19)3-4-12(11)14/h3-4,6,8-9H,5,7H2,1-2H3. The van der Waals surface area contributed by atoms with Gasteiger partial charge in [0.25, 0.3) is 15.0 Å². The third-order valence-corrected chi connectivity index (χ3v) is 5.54. The predicted molar refractivity (Wildman–Crippen MR) is 81.5 cm³/mol. The Bertz CT molecular complexity index is 647. The first-order chi connectivity index (χ1) is 9.20. The Balaban J connectivity index is 2.40. The number of benzene rings is 1. The van der Waals surface area contributed by atoms with Gasteiger partial charge in [-0.25, -0.2) is 8.42 Å². The molecule has 1 heterocycles. The van der Waals surface area contributed by atoms with Crippen molar-refractivity contribution in [3.05, 3.63) is 28.2 Å². The zero-order valence-corrected chi connectivity index (χ0v) is 14.3. The Morgan fingerprint density at radius 1 is 1.40 bits per heavy atom. The lowest BCUT2D eigenvalue weighted by molar-refractivity contribution is 0.0742. The number of likely N-dealkylation sites (tertiary alicyclic amines) is 1. The summed E-state index contributed by atoms with van der Waals surface area (Å²) in [4.78, 5) is 14.3. The van der Waals surface area contributed by atoms with Gasteiger partial charge in [-0.05, 0) is 53.4 Å². The monoisotopic (exact) mass is 379 g/mol. The van der Waals surface area contributed by atoms with E-state index in [1.807, 2.05) is 6.92 Å². The number of halogens is 2. The van der Waals surface area contributed by atoms with Crippen LogP contribution in [0.1, 0.15) is 30.6 Å². The van der Waals surface area contributed by atoms with E-state index in [-0.39, 0.29) is 16.8 Å². The lowest BCUT2D eigenvalue weighted by Crippen LogP contribution is -2.34. The van der Waals surface area contributed by atoms with Crippen molar-refractivity contribution in [1.29, 1.82) is 0 Å². The van der Waals surface area contributed by atoms with Crippen molar-refractivity contribution in [1.82, 2.24) is 4.90 Å². The molecule has 1 saturated heterocycles. The second-order valence-corrected chi connectivity index (χ2v) is 8.65. The minimum Gasteiger partial charge on any atom is -0.336 e. The quantitative estimate of drug-likeness (QED) is 0.740. The average Bonchev–Trinajstić information content (AvgIpc) is 2.66. The molecule has 0 N–H and O–H groups in total. The van der Waals surface area contributed by atoms with Gasteiger partial charge in [0, 0.05) is 27.7 Å². The van der Waals surface area contributed by atoms with Gasteiger partial charge < -0.3 is 4.90 Å². The third-order valence-electron chi connectivity index (χ3n) is 3.49. The molecule has 7 heteroatoms. The van der Waals surface area contributed by atoms with Crippen LogP contribution in [0.15, 0.2) is 27.6 Å². The molecule has 1 aliphatic heterocycles. The Kier molecular flexibility index (Phi) is 4.47. The molecule has 0 spiro atoms. The van der Waals surface area contributed by atoms with Crippen molar-refractivity contribution in [3.8, 4) is 0 Å². The fourth-order valence-electron chi connectivity index (χ4n) is 2.56. The van der Waals surface area contributed by atoms with Gasteiger partial charge in [0.05, 0.1) is 10.5 Å². The summed E-state index contributed by atoms with van der Waals surface area (Å²) in [6.07, 6.45) is 0.955. The smallest absolute Gasteiger partial charge is 0.261 e. The molecule has 1 fully saturated rings. The van der Waals surface area contributed by atoms with Crippen molar-refractivity contribution < 1.29 is 13.2 Å². The minimum absolute atomic E-state index is 0.0642. The van der Waals surface area contributed by atoms with Crippen molar-refractivity contribution in [2.24, 2.45) is 5.92 Å². The van der Waals surface area contributed by atoms with Gasteiger partial charge in [-0.1, -0.05) is 6.92 Å². The van der Waals surface area contributed by atoms with Crippen molar-refractivity contribution >= 4 is 41.6 Å². The largest absolute Gasteiger partial charge is 0.336 e. The maximum Gasteiger partial charge on any atom is 0.261 e. The highest BCUT2D eigenvalue weighted by Gasteiger charge is 2.31. The number of carbonyl (C=O) groups is 1. The van der Waals surface area contributed by atoms with Gasteiger partial charge in [0.15, 0.2) is 0 Å². The van der Waals surface area contributed by atoms with Crippen LogP contribution in [-0.4, -0.2) is 31.8 Å². The van der Waals surface area contributed by atoms with E-state index in [0.717, 1.165) is 6.42 Å². The van der Waals surface area contributed by atoms with E-state index in [2.05, 4.69) is 22.9 Å². The lowest BCUT2D eigenvalue weighted by Gasteiger charge is -2.22. The SMILES string of the molecule is CC1CC(C)N(C(=O)c2cc(S(=O)(=O)Cl)ccc2Br)C1. The van der Waals surface area contributed by atoms with Crippen LogP contribution in [0, 0.1) is 5.92 Å². The number of hydrogen-bond donors (Lipinski definition) is 0. The van der Waals surface area contributed by atoms with E-state index in [9.17, 15) is 13.2 Å². The second kappa shape index (κ2) is 5.66. The summed E-state index contributed by atoms with van der Waals surface area (Å²) < 4.78 is 23.3. The van der Waals surface area contributed by atoms with Gasteiger partial charge in [-0.15, -0.1) is 0 Å². The number of nitrogens with zero attached hydrogens (tertiary/aromatic N) is 1. The maximum atomic E-state index is 12.6. The van der Waals surface area contributed by atoms with Gasteiger partial charge in [-0.2, -0.15) is 0 Å². The summed E-state index contributed by atoms with van der Waals surface area (Å²) in [6.45, 7) is 4.78. The topological polar surface area (TPSA) is 54.5 Å². The molecule has 20 heavy (non-hydrogen) atoms. The molecule has 1 aromatic rings. The van der Waals surface area contributed by atoms with Crippen LogP contribution < -0.4 is 0 Å². The first-order valence-electron chi connectivity index (χ1n) is 6.25. The number of amides is 1. The predicted octanol–water partition coefficient (Wildman–Crippen LogP) is 3.25. The van der Waals surface area contributed by atoms with Crippen molar-refractivity contribution in [2.75, 3.05) is 6.54 Å². The van der Waals surface area contributed by atoms with E-state index < -0.39 is 9.05 Å². The van der Waals surface area contributed by atoms with Crippen molar-refractivity contribution in [2.45, 2.75) is 31.2 Å². The molecule has 0 radical (unpaired) electrons. The summed E-state index contributed by atoms with van der Waals surface area (Å²) >= 11 is 3.29. The summed E-state index contributed by atoms with van der Waals surface area (Å²) in [5.41, 5.74) is 0.327. The Labute approximate surface area is 131 Å². The Morgan fingerprint density at radius 2 is 2.05 bits per heavy atom. The van der Waals surface area contributed by atoms with Crippen LogP contribution >= 0.6 is 26.6 Å². The van der Waals surface area contributed by atoms with E-state index in [1.54, 1.807) is 4.90 Å². The molecule has 2 rings (SSSR count). The molecule has 1 aliphatic rings. The summed E-state index contributed by atoms with van der Waals surface area (Å²) in [5, 5.41) is 0. The van der Waals surface area contributed by atoms with E-state index >= 15 is 0 Å². The highest BCUT2D eigenvalue weighted by atomic mass is 79.9. The van der Waals surface area contributed by atoms with Gasteiger partial charge in [-0.3, -0.25) is 4.79 Å². The minimum atomic E-state index is -3.84. The maximum absolute atomic E-state index is 12.6. The van der Waals surface area contributed by atoms with Crippen LogP contribution in [0.3, 0.4) is 0 Å². The summed E-state index contributed by atoms with van der Waals surface area (Å²) in [6, 6.07) is 4.39. The molecule has 1 aromatic carbocycles. The van der Waals surface area contributed by atoms with Crippen LogP contribution in [0.25, 0.3) is 0 Å². The Morgan fingerprint density at radius 3 is 2.55 bits per heavy atom. The summed E-state index contributed by atoms with van der Waals surface area (Å²) in [5.74, 6) is 0.281. The number of hydrogen-bond acceptors (Lipinski definition) is 3. The molecule has 0 aliphatic carbocycles. The van der Waals surface area contributed by atoms with E-state index in [1.165, 1.54) is 18.2 Å². The average molecular weight is 381 g/mol. The van der Waals surface area contributed by atoms with Gasteiger partial charge in [0.2, 0.25) is 0 Å². The van der Waals surface area contributed by atoms with Crippen LogP contribution in [0.2, 0.25) is 0 Å². The molecule has 110 valence electrons. The first kappa shape index (κ1) is 15.8. The highest BCUT2D eigenvalue weighted by molar-refractivity contribution is 9.10. The number of carbonyl (C=O) groups excluding carboxylic acids is 1. The fourth-order valence-corrected chi connectivity index (χ4v) is 3.75. The van der Waals surface area contributed by atoms with E-state index in [4.69, 9.17) is 10.7 Å².